The maximum atomic E-state index is 12.9. The fourth-order valence-electron chi connectivity index (χ4n) is 8.98. The third-order valence-electron chi connectivity index (χ3n) is 13.6. The van der Waals surface area contributed by atoms with Crippen LogP contribution in [0.5, 0.6) is 0 Å². The average Bonchev–Trinajstić information content (AvgIpc) is 3.40. The van der Waals surface area contributed by atoms with Gasteiger partial charge in [-0.3, -0.25) is 14.4 Å². The molecular formula is C68H118O6. The molecule has 0 N–H and O–H groups in total. The fraction of sp³-hybridized carbons (Fsp3) is 0.750. The highest BCUT2D eigenvalue weighted by atomic mass is 16.6. The highest BCUT2D eigenvalue weighted by Gasteiger charge is 2.19. The third kappa shape index (κ3) is 59.5. The Hall–Kier alpha value is -3.41. The van der Waals surface area contributed by atoms with Crippen LogP contribution in [0.1, 0.15) is 310 Å². The smallest absolute Gasteiger partial charge is 0.306 e. The minimum atomic E-state index is -0.796. The SMILES string of the molecule is CC/C=C\C/C=C\C/C=C\C/C=C\CCCCCCCCC(=O)OC(COC(=O)CCCCC/C=C\C/C=C\C/C=C\CC)COC(=O)CCCCCCCCCCCCCCCCCCCCCCCCCC. The van der Waals surface area contributed by atoms with Crippen LogP contribution < -0.4 is 0 Å². The molecule has 6 heteroatoms. The number of carbonyl (C=O) groups is 3. The first-order valence-corrected chi connectivity index (χ1v) is 31.6. The maximum absolute atomic E-state index is 12.9. The van der Waals surface area contributed by atoms with Gasteiger partial charge >= 0.3 is 17.9 Å². The second kappa shape index (κ2) is 62.1. The molecule has 0 saturated carbocycles. The number of allylic oxidation sites excluding steroid dienone is 14. The van der Waals surface area contributed by atoms with Gasteiger partial charge in [-0.1, -0.05) is 286 Å². The molecule has 0 rings (SSSR count). The summed E-state index contributed by atoms with van der Waals surface area (Å²) in [7, 11) is 0. The molecule has 74 heavy (non-hydrogen) atoms. The van der Waals surface area contributed by atoms with Gasteiger partial charge in [0.2, 0.25) is 0 Å². The molecule has 0 amide bonds. The quantitative estimate of drug-likeness (QED) is 0.0261. The van der Waals surface area contributed by atoms with Crippen molar-refractivity contribution in [2.75, 3.05) is 13.2 Å². The van der Waals surface area contributed by atoms with E-state index in [9.17, 15) is 14.4 Å². The number of hydrogen-bond donors (Lipinski definition) is 0. The van der Waals surface area contributed by atoms with Crippen LogP contribution in [-0.4, -0.2) is 37.2 Å². The van der Waals surface area contributed by atoms with Crippen LogP contribution in [0.15, 0.2) is 85.1 Å². The van der Waals surface area contributed by atoms with E-state index in [2.05, 4.69) is 106 Å². The molecule has 0 aliphatic heterocycles. The van der Waals surface area contributed by atoms with Crippen LogP contribution in [-0.2, 0) is 28.6 Å². The standard InChI is InChI=1S/C68H118O6/c1-4-7-10-13-16-19-22-25-27-29-31-32-33-34-35-37-38-40-43-46-49-52-55-58-61-67(70)73-64-65(63-72-66(69)60-57-54-51-48-45-42-24-21-18-15-12-9-6-3)74-68(71)62-59-56-53-50-47-44-41-39-36-30-28-26-23-20-17-14-11-8-5-2/h8-9,11-12,17-18,20-21,26,28,36,39,42,45,65H,4-7,10,13-16,19,22-25,27,29-35,37-38,40-41,43-44,46-64H2,1-3H3/b11-8-,12-9-,20-17-,21-18-,28-26-,39-36-,45-42-. The monoisotopic (exact) mass is 1030 g/mol. The summed E-state index contributed by atoms with van der Waals surface area (Å²) in [4.78, 5) is 38.3. The van der Waals surface area contributed by atoms with E-state index in [1.807, 2.05) is 0 Å². The molecule has 6 nitrogen and oxygen atoms in total. The molecule has 426 valence electrons. The number of hydrogen-bond acceptors (Lipinski definition) is 6. The number of rotatable bonds is 57. The minimum absolute atomic E-state index is 0.0898. The molecule has 0 aromatic heterocycles. The second-order valence-corrected chi connectivity index (χ2v) is 20.9. The van der Waals surface area contributed by atoms with Crippen molar-refractivity contribution in [2.24, 2.45) is 0 Å². The first-order chi connectivity index (χ1) is 36.5. The Kier molecular flexibility index (Phi) is 59.3. The largest absolute Gasteiger partial charge is 0.462 e. The molecule has 0 saturated heterocycles. The van der Waals surface area contributed by atoms with Crippen LogP contribution in [0.2, 0.25) is 0 Å². The molecule has 0 fully saturated rings. The highest BCUT2D eigenvalue weighted by Crippen LogP contribution is 2.17. The van der Waals surface area contributed by atoms with Crippen LogP contribution in [0.4, 0.5) is 0 Å². The second-order valence-electron chi connectivity index (χ2n) is 20.9. The van der Waals surface area contributed by atoms with Gasteiger partial charge in [-0.05, 0) is 89.9 Å². The summed E-state index contributed by atoms with van der Waals surface area (Å²) < 4.78 is 16.9. The van der Waals surface area contributed by atoms with Crippen molar-refractivity contribution in [2.45, 2.75) is 316 Å². The molecule has 0 radical (unpaired) electrons. The Morgan fingerprint density at radius 3 is 0.838 bits per heavy atom. The molecule has 0 bridgehead atoms. The van der Waals surface area contributed by atoms with Crippen LogP contribution in [0.25, 0.3) is 0 Å². The van der Waals surface area contributed by atoms with Crippen molar-refractivity contribution < 1.29 is 28.6 Å². The Labute approximate surface area is 458 Å². The van der Waals surface area contributed by atoms with Crippen molar-refractivity contribution in [1.29, 1.82) is 0 Å². The predicted octanol–water partition coefficient (Wildman–Crippen LogP) is 21.5. The van der Waals surface area contributed by atoms with Gasteiger partial charge in [-0.15, -0.1) is 0 Å². The van der Waals surface area contributed by atoms with Crippen LogP contribution >= 0.6 is 0 Å². The number of esters is 3. The van der Waals surface area contributed by atoms with Crippen LogP contribution in [0.3, 0.4) is 0 Å². The van der Waals surface area contributed by atoms with Gasteiger partial charge in [-0.2, -0.15) is 0 Å². The van der Waals surface area contributed by atoms with Gasteiger partial charge in [0.1, 0.15) is 13.2 Å². The van der Waals surface area contributed by atoms with Gasteiger partial charge < -0.3 is 14.2 Å². The van der Waals surface area contributed by atoms with Crippen molar-refractivity contribution in [3.05, 3.63) is 85.1 Å². The van der Waals surface area contributed by atoms with E-state index in [1.165, 1.54) is 148 Å². The van der Waals surface area contributed by atoms with Crippen molar-refractivity contribution in [3.63, 3.8) is 0 Å². The van der Waals surface area contributed by atoms with Crippen molar-refractivity contribution in [1.82, 2.24) is 0 Å². The van der Waals surface area contributed by atoms with E-state index in [-0.39, 0.29) is 31.1 Å². The van der Waals surface area contributed by atoms with Gasteiger partial charge in [0, 0.05) is 19.3 Å². The van der Waals surface area contributed by atoms with E-state index < -0.39 is 6.10 Å². The van der Waals surface area contributed by atoms with E-state index in [0.29, 0.717) is 19.3 Å². The Bertz CT molecular complexity index is 1420. The molecule has 1 unspecified atom stereocenters. The molecule has 1 atom stereocenters. The predicted molar refractivity (Wildman–Crippen MR) is 321 cm³/mol. The van der Waals surface area contributed by atoms with Gasteiger partial charge in [0.15, 0.2) is 6.10 Å². The number of unbranched alkanes of at least 4 members (excludes halogenated alkanes) is 32. The summed E-state index contributed by atoms with van der Waals surface area (Å²) in [5.41, 5.74) is 0. The highest BCUT2D eigenvalue weighted by molar-refractivity contribution is 5.71. The van der Waals surface area contributed by atoms with E-state index in [1.54, 1.807) is 0 Å². The normalized spacial score (nSPS) is 12.6. The Morgan fingerprint density at radius 2 is 0.527 bits per heavy atom. The van der Waals surface area contributed by atoms with Gasteiger partial charge in [-0.25, -0.2) is 0 Å². The lowest BCUT2D eigenvalue weighted by Crippen LogP contribution is -2.30. The lowest BCUT2D eigenvalue weighted by molar-refractivity contribution is -0.167. The van der Waals surface area contributed by atoms with Crippen molar-refractivity contribution in [3.8, 4) is 0 Å². The molecule has 0 aromatic rings. The maximum Gasteiger partial charge on any atom is 0.306 e. The van der Waals surface area contributed by atoms with Gasteiger partial charge in [0.05, 0.1) is 0 Å². The summed E-state index contributed by atoms with van der Waals surface area (Å²) in [6, 6.07) is 0. The molecular weight excluding hydrogens is 913 g/mol. The number of carbonyl (C=O) groups excluding carboxylic acids is 3. The lowest BCUT2D eigenvalue weighted by Gasteiger charge is -2.18. The molecule has 0 heterocycles. The van der Waals surface area contributed by atoms with E-state index >= 15 is 0 Å². The van der Waals surface area contributed by atoms with E-state index in [0.717, 1.165) is 122 Å². The molecule has 0 aliphatic carbocycles. The zero-order valence-electron chi connectivity index (χ0n) is 48.8. The average molecular weight is 1030 g/mol. The summed E-state index contributed by atoms with van der Waals surface area (Å²) >= 11 is 0. The molecule has 0 aromatic carbocycles. The summed E-state index contributed by atoms with van der Waals surface area (Å²) in [5.74, 6) is -0.923. The zero-order chi connectivity index (χ0) is 53.6. The minimum Gasteiger partial charge on any atom is -0.462 e. The molecule has 0 spiro atoms. The fourth-order valence-corrected chi connectivity index (χ4v) is 8.98. The summed E-state index contributed by atoms with van der Waals surface area (Å²) in [6.45, 7) is 6.41. The van der Waals surface area contributed by atoms with E-state index in [4.69, 9.17) is 14.2 Å². The zero-order valence-corrected chi connectivity index (χ0v) is 48.8. The number of ether oxygens (including phenoxy) is 3. The lowest BCUT2D eigenvalue weighted by atomic mass is 10.0. The third-order valence-corrected chi connectivity index (χ3v) is 13.6. The topological polar surface area (TPSA) is 78.9 Å². The van der Waals surface area contributed by atoms with Gasteiger partial charge in [0.25, 0.3) is 0 Å². The summed E-state index contributed by atoms with van der Waals surface area (Å²) in [6.07, 6.45) is 81.7. The van der Waals surface area contributed by atoms with Crippen molar-refractivity contribution >= 4 is 17.9 Å². The molecule has 0 aliphatic rings. The first kappa shape index (κ1) is 70.6. The summed E-state index contributed by atoms with van der Waals surface area (Å²) in [5, 5.41) is 0. The Morgan fingerprint density at radius 1 is 0.284 bits per heavy atom. The Balaban J connectivity index is 4.32. The first-order valence-electron chi connectivity index (χ1n) is 31.6. The van der Waals surface area contributed by atoms with Crippen LogP contribution in [0, 0.1) is 0 Å².